The molecule has 0 spiro atoms. The third-order valence-electron chi connectivity index (χ3n) is 2.68. The van der Waals surface area contributed by atoms with E-state index in [-0.39, 0.29) is 11.5 Å². The second-order valence-electron chi connectivity index (χ2n) is 4.14. The van der Waals surface area contributed by atoms with Gasteiger partial charge in [0.05, 0.1) is 13.3 Å². The lowest BCUT2D eigenvalue weighted by molar-refractivity contribution is -0.0512. The number of ether oxygens (including phenoxy) is 2. The highest BCUT2D eigenvalue weighted by molar-refractivity contribution is 5.80. The minimum absolute atomic E-state index is 0.0266. The molecule has 0 N–H and O–H groups in total. The highest BCUT2D eigenvalue weighted by atomic mass is 19.3. The number of rotatable bonds is 5. The van der Waals surface area contributed by atoms with Crippen molar-refractivity contribution < 1.29 is 18.3 Å². The van der Waals surface area contributed by atoms with Gasteiger partial charge in [-0.3, -0.25) is 0 Å². The Hall–Kier alpha value is -2.51. The number of aryl methyl sites for hydroxylation is 2. The Morgan fingerprint density at radius 3 is 2.43 bits per heavy atom. The van der Waals surface area contributed by atoms with E-state index in [9.17, 15) is 8.78 Å². The lowest BCUT2D eigenvalue weighted by atomic mass is 10.2. The van der Waals surface area contributed by atoms with Gasteiger partial charge in [-0.25, -0.2) is 4.68 Å². The van der Waals surface area contributed by atoms with E-state index < -0.39 is 6.61 Å². The van der Waals surface area contributed by atoms with Gasteiger partial charge in [0.15, 0.2) is 23.1 Å². The summed E-state index contributed by atoms with van der Waals surface area (Å²) in [5.41, 5.74) is 0.668. The minimum atomic E-state index is -2.90. The summed E-state index contributed by atoms with van der Waals surface area (Å²) in [4.78, 5) is 0. The SMILES string of the molecule is COc1cc(/C=N/n2c(C)nnc2C)ccc1OC(F)F. The molecule has 0 aliphatic heterocycles. The van der Waals surface area contributed by atoms with Crippen LogP contribution in [0.25, 0.3) is 0 Å². The normalized spacial score (nSPS) is 11.3. The third-order valence-corrected chi connectivity index (χ3v) is 2.68. The molecule has 21 heavy (non-hydrogen) atoms. The zero-order valence-corrected chi connectivity index (χ0v) is 11.7. The van der Waals surface area contributed by atoms with Gasteiger partial charge in [-0.1, -0.05) is 0 Å². The van der Waals surface area contributed by atoms with Gasteiger partial charge < -0.3 is 9.47 Å². The van der Waals surface area contributed by atoms with E-state index >= 15 is 0 Å². The van der Waals surface area contributed by atoms with Gasteiger partial charge in [-0.15, -0.1) is 10.2 Å². The largest absolute Gasteiger partial charge is 0.493 e. The monoisotopic (exact) mass is 296 g/mol. The van der Waals surface area contributed by atoms with Crippen LogP contribution < -0.4 is 9.47 Å². The molecule has 0 radical (unpaired) electrons. The maximum atomic E-state index is 12.2. The van der Waals surface area contributed by atoms with Crippen LogP contribution in [0, 0.1) is 13.8 Å². The van der Waals surface area contributed by atoms with Crippen molar-refractivity contribution in [2.45, 2.75) is 20.5 Å². The molecule has 1 aromatic heterocycles. The number of alkyl halides is 2. The van der Waals surface area contributed by atoms with E-state index in [1.165, 1.54) is 13.2 Å². The van der Waals surface area contributed by atoms with Crippen LogP contribution in [0.1, 0.15) is 17.2 Å². The van der Waals surface area contributed by atoms with Crippen molar-refractivity contribution in [2.24, 2.45) is 5.10 Å². The Kier molecular flexibility index (Phi) is 4.46. The molecule has 6 nitrogen and oxygen atoms in total. The smallest absolute Gasteiger partial charge is 0.387 e. The molecule has 0 atom stereocenters. The van der Waals surface area contributed by atoms with Crippen LogP contribution in [0.4, 0.5) is 8.78 Å². The molecule has 112 valence electrons. The van der Waals surface area contributed by atoms with E-state index in [0.29, 0.717) is 17.2 Å². The fraction of sp³-hybridized carbons (Fsp3) is 0.308. The first-order valence-electron chi connectivity index (χ1n) is 6.07. The van der Waals surface area contributed by atoms with Crippen molar-refractivity contribution in [3.8, 4) is 11.5 Å². The van der Waals surface area contributed by atoms with E-state index in [1.807, 2.05) is 0 Å². The van der Waals surface area contributed by atoms with Crippen molar-refractivity contribution in [3.05, 3.63) is 35.4 Å². The quantitative estimate of drug-likeness (QED) is 0.795. The highest BCUT2D eigenvalue weighted by Crippen LogP contribution is 2.28. The number of hydrogen-bond acceptors (Lipinski definition) is 5. The highest BCUT2D eigenvalue weighted by Gasteiger charge is 2.10. The maximum Gasteiger partial charge on any atom is 0.387 e. The van der Waals surface area contributed by atoms with Gasteiger partial charge in [-0.05, 0) is 37.6 Å². The molecule has 0 aliphatic rings. The van der Waals surface area contributed by atoms with Gasteiger partial charge in [0.2, 0.25) is 0 Å². The van der Waals surface area contributed by atoms with Crippen molar-refractivity contribution in [1.29, 1.82) is 0 Å². The van der Waals surface area contributed by atoms with Crippen LogP contribution in [0.5, 0.6) is 11.5 Å². The van der Waals surface area contributed by atoms with E-state index in [1.54, 1.807) is 36.9 Å². The van der Waals surface area contributed by atoms with E-state index in [2.05, 4.69) is 20.0 Å². The van der Waals surface area contributed by atoms with Crippen LogP contribution in [0.3, 0.4) is 0 Å². The molecule has 2 aromatic rings. The molecular formula is C13H14F2N4O2. The Balaban J connectivity index is 2.25. The second kappa shape index (κ2) is 6.29. The first-order valence-corrected chi connectivity index (χ1v) is 6.07. The second-order valence-corrected chi connectivity index (χ2v) is 4.14. The molecule has 0 saturated heterocycles. The molecule has 0 bridgehead atoms. The summed E-state index contributed by atoms with van der Waals surface area (Å²) < 4.78 is 35.4. The number of hydrogen-bond donors (Lipinski definition) is 0. The molecule has 0 unspecified atom stereocenters. The standard InChI is InChI=1S/C13H14F2N4O2/c1-8-17-18-9(2)19(8)16-7-10-4-5-11(21-13(14)15)12(6-10)20-3/h4-7,13H,1-3H3/b16-7+. The molecule has 8 heteroatoms. The van der Waals surface area contributed by atoms with Gasteiger partial charge in [0.25, 0.3) is 0 Å². The molecular weight excluding hydrogens is 282 g/mol. The van der Waals surface area contributed by atoms with Crippen LogP contribution in [-0.2, 0) is 0 Å². The number of methoxy groups -OCH3 is 1. The van der Waals surface area contributed by atoms with Gasteiger partial charge >= 0.3 is 6.61 Å². The third kappa shape index (κ3) is 3.53. The van der Waals surface area contributed by atoms with Crippen molar-refractivity contribution in [1.82, 2.24) is 14.9 Å². The molecule has 0 saturated carbocycles. The predicted octanol–water partition coefficient (Wildman–Crippen LogP) is 2.39. The summed E-state index contributed by atoms with van der Waals surface area (Å²) in [6, 6.07) is 4.55. The van der Waals surface area contributed by atoms with Crippen molar-refractivity contribution >= 4 is 6.21 Å². The van der Waals surface area contributed by atoms with Crippen LogP contribution in [0.2, 0.25) is 0 Å². The van der Waals surface area contributed by atoms with E-state index in [4.69, 9.17) is 4.74 Å². The summed E-state index contributed by atoms with van der Waals surface area (Å²) in [5.74, 6) is 1.47. The van der Waals surface area contributed by atoms with Crippen molar-refractivity contribution in [2.75, 3.05) is 7.11 Å². The predicted molar refractivity (Wildman–Crippen MR) is 72.1 cm³/mol. The fourth-order valence-electron chi connectivity index (χ4n) is 1.71. The number of nitrogens with zero attached hydrogens (tertiary/aromatic N) is 4. The molecule has 0 amide bonds. The molecule has 0 fully saturated rings. The molecule has 1 aromatic carbocycles. The van der Waals surface area contributed by atoms with Crippen LogP contribution >= 0.6 is 0 Å². The first-order chi connectivity index (χ1) is 10.0. The average Bonchev–Trinajstić information content (AvgIpc) is 2.76. The van der Waals surface area contributed by atoms with Gasteiger partial charge in [-0.2, -0.15) is 13.9 Å². The molecule has 0 aliphatic carbocycles. The summed E-state index contributed by atoms with van der Waals surface area (Å²) in [7, 11) is 1.38. The van der Waals surface area contributed by atoms with Gasteiger partial charge in [0.1, 0.15) is 0 Å². The fourth-order valence-corrected chi connectivity index (χ4v) is 1.71. The number of benzene rings is 1. The Bertz CT molecular complexity index is 636. The first kappa shape index (κ1) is 14.9. The van der Waals surface area contributed by atoms with Crippen molar-refractivity contribution in [3.63, 3.8) is 0 Å². The lowest BCUT2D eigenvalue weighted by Gasteiger charge is -2.10. The summed E-state index contributed by atoms with van der Waals surface area (Å²) >= 11 is 0. The Labute approximate surface area is 120 Å². The Morgan fingerprint density at radius 1 is 1.19 bits per heavy atom. The van der Waals surface area contributed by atoms with Crippen LogP contribution in [0.15, 0.2) is 23.3 Å². The van der Waals surface area contributed by atoms with Crippen LogP contribution in [-0.4, -0.2) is 34.8 Å². The van der Waals surface area contributed by atoms with Gasteiger partial charge in [0, 0.05) is 0 Å². The topological polar surface area (TPSA) is 61.5 Å². The summed E-state index contributed by atoms with van der Waals surface area (Å²) in [6.07, 6.45) is 1.55. The zero-order chi connectivity index (χ0) is 15.4. The molecule has 1 heterocycles. The molecule has 2 rings (SSSR count). The number of halogens is 2. The lowest BCUT2D eigenvalue weighted by Crippen LogP contribution is -2.04. The summed E-state index contributed by atoms with van der Waals surface area (Å²) in [6.45, 7) is 0.648. The zero-order valence-electron chi connectivity index (χ0n) is 11.7. The summed E-state index contributed by atoms with van der Waals surface area (Å²) in [5, 5.41) is 12.0. The number of aromatic nitrogens is 3. The minimum Gasteiger partial charge on any atom is -0.493 e. The Morgan fingerprint density at radius 2 is 1.86 bits per heavy atom. The average molecular weight is 296 g/mol. The van der Waals surface area contributed by atoms with E-state index in [0.717, 1.165) is 0 Å². The maximum absolute atomic E-state index is 12.2.